The minimum atomic E-state index is -0.146. The van der Waals surface area contributed by atoms with Crippen LogP contribution in [0.1, 0.15) is 35.4 Å². The number of hydrogen-bond acceptors (Lipinski definition) is 0. The van der Waals surface area contributed by atoms with Gasteiger partial charge in [-0.1, -0.05) is 42.0 Å². The van der Waals surface area contributed by atoms with Crippen LogP contribution in [0, 0.1) is 18.7 Å². The minimum absolute atomic E-state index is 0.146. The molecule has 1 saturated carbocycles. The molecule has 0 aromatic heterocycles. The van der Waals surface area contributed by atoms with Gasteiger partial charge in [-0.15, -0.1) is 0 Å². The fourth-order valence-corrected chi connectivity index (χ4v) is 2.79. The van der Waals surface area contributed by atoms with Crippen LogP contribution in [0.2, 0.25) is 0 Å². The lowest BCUT2D eigenvalue weighted by Crippen LogP contribution is -1.90. The van der Waals surface area contributed by atoms with Crippen molar-refractivity contribution < 1.29 is 4.39 Å². The van der Waals surface area contributed by atoms with Crippen LogP contribution in [-0.2, 0) is 6.42 Å². The number of halogens is 1. The van der Waals surface area contributed by atoms with Crippen molar-refractivity contribution >= 4 is 0 Å². The van der Waals surface area contributed by atoms with Crippen LogP contribution in [-0.4, -0.2) is 0 Å². The Morgan fingerprint density at radius 2 is 1.68 bits per heavy atom. The third-order valence-electron chi connectivity index (χ3n) is 4.15. The number of hydrogen-bond donors (Lipinski definition) is 0. The van der Waals surface area contributed by atoms with Crippen LogP contribution in [0.5, 0.6) is 0 Å². The van der Waals surface area contributed by atoms with Crippen LogP contribution >= 0.6 is 0 Å². The summed E-state index contributed by atoms with van der Waals surface area (Å²) in [6, 6.07) is 15.8. The summed E-state index contributed by atoms with van der Waals surface area (Å²) >= 11 is 0. The summed E-state index contributed by atoms with van der Waals surface area (Å²) in [5.41, 5.74) is 4.05. The SMILES string of the molecule is Cc1ccc(C2C[C@@H]2CCc2ccc(F)cc2)cc1. The first-order valence-electron chi connectivity index (χ1n) is 7.03. The van der Waals surface area contributed by atoms with E-state index in [2.05, 4.69) is 31.2 Å². The highest BCUT2D eigenvalue weighted by Crippen LogP contribution is 2.49. The molecule has 0 amide bonds. The quantitative estimate of drug-likeness (QED) is 0.730. The summed E-state index contributed by atoms with van der Waals surface area (Å²) in [4.78, 5) is 0. The number of aryl methyl sites for hydroxylation is 2. The van der Waals surface area contributed by atoms with Crippen molar-refractivity contribution in [3.63, 3.8) is 0 Å². The molecule has 1 heteroatoms. The van der Waals surface area contributed by atoms with Crippen molar-refractivity contribution in [2.75, 3.05) is 0 Å². The van der Waals surface area contributed by atoms with Gasteiger partial charge in [0.1, 0.15) is 5.82 Å². The molecule has 0 saturated heterocycles. The molecule has 1 aliphatic rings. The molecule has 2 aromatic rings. The lowest BCUT2D eigenvalue weighted by atomic mass is 10.0. The van der Waals surface area contributed by atoms with Gasteiger partial charge < -0.3 is 0 Å². The average molecular weight is 254 g/mol. The van der Waals surface area contributed by atoms with Crippen LogP contribution in [0.25, 0.3) is 0 Å². The molecule has 19 heavy (non-hydrogen) atoms. The van der Waals surface area contributed by atoms with Gasteiger partial charge in [0.15, 0.2) is 0 Å². The molecule has 0 heterocycles. The zero-order valence-corrected chi connectivity index (χ0v) is 11.3. The molecule has 3 rings (SSSR count). The second-order valence-electron chi connectivity index (χ2n) is 5.68. The van der Waals surface area contributed by atoms with Crippen LogP contribution < -0.4 is 0 Å². The summed E-state index contributed by atoms with van der Waals surface area (Å²) in [5, 5.41) is 0. The number of benzene rings is 2. The largest absolute Gasteiger partial charge is 0.207 e. The lowest BCUT2D eigenvalue weighted by molar-refractivity contribution is 0.625. The van der Waals surface area contributed by atoms with E-state index >= 15 is 0 Å². The van der Waals surface area contributed by atoms with Gasteiger partial charge in [0.2, 0.25) is 0 Å². The van der Waals surface area contributed by atoms with Gasteiger partial charge in [0, 0.05) is 0 Å². The Balaban J connectivity index is 1.53. The van der Waals surface area contributed by atoms with Gasteiger partial charge >= 0.3 is 0 Å². The van der Waals surface area contributed by atoms with Crippen molar-refractivity contribution in [2.24, 2.45) is 5.92 Å². The van der Waals surface area contributed by atoms with Crippen molar-refractivity contribution in [1.82, 2.24) is 0 Å². The highest BCUT2D eigenvalue weighted by Gasteiger charge is 2.37. The summed E-state index contributed by atoms with van der Waals surface area (Å²) in [5.74, 6) is 1.42. The Morgan fingerprint density at radius 3 is 2.37 bits per heavy atom. The summed E-state index contributed by atoms with van der Waals surface area (Å²) < 4.78 is 12.8. The molecule has 0 aliphatic heterocycles. The fraction of sp³-hybridized carbons (Fsp3) is 0.333. The Labute approximate surface area is 114 Å². The molecule has 98 valence electrons. The van der Waals surface area contributed by atoms with E-state index in [0.717, 1.165) is 18.3 Å². The summed E-state index contributed by atoms with van der Waals surface area (Å²) in [7, 11) is 0. The highest BCUT2D eigenvalue weighted by atomic mass is 19.1. The van der Waals surface area contributed by atoms with E-state index in [4.69, 9.17) is 0 Å². The van der Waals surface area contributed by atoms with E-state index in [-0.39, 0.29) is 5.82 Å². The maximum Gasteiger partial charge on any atom is 0.123 e. The Morgan fingerprint density at radius 1 is 1.00 bits per heavy atom. The summed E-state index contributed by atoms with van der Waals surface area (Å²) in [6.45, 7) is 2.13. The van der Waals surface area contributed by atoms with Crippen LogP contribution in [0.3, 0.4) is 0 Å². The third-order valence-corrected chi connectivity index (χ3v) is 4.15. The molecule has 2 aromatic carbocycles. The zero-order valence-electron chi connectivity index (χ0n) is 11.3. The predicted octanol–water partition coefficient (Wildman–Crippen LogP) is 4.87. The Hall–Kier alpha value is -1.63. The first-order chi connectivity index (χ1) is 9.22. The first-order valence-corrected chi connectivity index (χ1v) is 7.03. The monoisotopic (exact) mass is 254 g/mol. The molecule has 0 bridgehead atoms. The molecule has 1 aliphatic carbocycles. The summed E-state index contributed by atoms with van der Waals surface area (Å²) in [6.07, 6.45) is 3.59. The molecule has 0 spiro atoms. The standard InChI is InChI=1S/C18H19F/c1-13-2-7-15(8-3-13)18-12-16(18)9-4-14-5-10-17(19)11-6-14/h2-3,5-8,10-11,16,18H,4,9,12H2,1H3/t16-,18?/m0/s1. The smallest absolute Gasteiger partial charge is 0.123 e. The van der Waals surface area contributed by atoms with Crippen molar-refractivity contribution in [3.8, 4) is 0 Å². The van der Waals surface area contributed by atoms with Gasteiger partial charge in [-0.05, 0) is 61.3 Å². The van der Waals surface area contributed by atoms with E-state index in [9.17, 15) is 4.39 Å². The zero-order chi connectivity index (χ0) is 13.2. The van der Waals surface area contributed by atoms with Gasteiger partial charge in [-0.2, -0.15) is 0 Å². The van der Waals surface area contributed by atoms with E-state index in [1.807, 2.05) is 12.1 Å². The van der Waals surface area contributed by atoms with Gasteiger partial charge in [0.25, 0.3) is 0 Å². The van der Waals surface area contributed by atoms with Crippen molar-refractivity contribution in [3.05, 3.63) is 71.0 Å². The second-order valence-corrected chi connectivity index (χ2v) is 5.68. The molecule has 0 radical (unpaired) electrons. The Kier molecular flexibility index (Phi) is 3.37. The van der Waals surface area contributed by atoms with E-state index < -0.39 is 0 Å². The van der Waals surface area contributed by atoms with Gasteiger partial charge in [-0.3, -0.25) is 0 Å². The minimum Gasteiger partial charge on any atom is -0.207 e. The van der Waals surface area contributed by atoms with E-state index in [1.54, 1.807) is 12.1 Å². The molecular weight excluding hydrogens is 235 g/mol. The molecule has 1 fully saturated rings. The van der Waals surface area contributed by atoms with Crippen molar-refractivity contribution in [1.29, 1.82) is 0 Å². The van der Waals surface area contributed by atoms with Gasteiger partial charge in [-0.25, -0.2) is 4.39 Å². The first kappa shape index (κ1) is 12.4. The lowest BCUT2D eigenvalue weighted by Gasteiger charge is -2.03. The highest BCUT2D eigenvalue weighted by molar-refractivity contribution is 5.29. The molecule has 1 unspecified atom stereocenters. The van der Waals surface area contributed by atoms with E-state index in [1.165, 1.54) is 29.5 Å². The molecular formula is C18H19F. The number of rotatable bonds is 4. The van der Waals surface area contributed by atoms with Crippen LogP contribution in [0.4, 0.5) is 4.39 Å². The Bertz CT molecular complexity index is 539. The molecule has 2 atom stereocenters. The fourth-order valence-electron chi connectivity index (χ4n) is 2.79. The molecule has 0 nitrogen and oxygen atoms in total. The average Bonchev–Trinajstić information content (AvgIpc) is 3.19. The van der Waals surface area contributed by atoms with Crippen LogP contribution in [0.15, 0.2) is 48.5 Å². The predicted molar refractivity (Wildman–Crippen MR) is 76.7 cm³/mol. The maximum absolute atomic E-state index is 12.8. The molecule has 0 N–H and O–H groups in total. The topological polar surface area (TPSA) is 0 Å². The second kappa shape index (κ2) is 5.16. The normalized spacial score (nSPS) is 21.4. The van der Waals surface area contributed by atoms with Crippen molar-refractivity contribution in [2.45, 2.75) is 32.1 Å². The maximum atomic E-state index is 12.8. The third kappa shape index (κ3) is 3.04. The van der Waals surface area contributed by atoms with Gasteiger partial charge in [0.05, 0.1) is 0 Å². The van der Waals surface area contributed by atoms with E-state index in [0.29, 0.717) is 0 Å².